The van der Waals surface area contributed by atoms with Gasteiger partial charge in [0, 0.05) is 0 Å². The molecule has 0 aliphatic carbocycles. The molecule has 0 fully saturated rings. The zero-order valence-corrected chi connectivity index (χ0v) is 17.6. The van der Waals surface area contributed by atoms with Crippen LogP contribution in [0, 0.1) is 0 Å². The predicted molar refractivity (Wildman–Crippen MR) is 94.9 cm³/mol. The highest BCUT2D eigenvalue weighted by Gasteiger charge is 2.41. The van der Waals surface area contributed by atoms with Crippen molar-refractivity contribution in [3.63, 3.8) is 0 Å². The second-order valence-electron chi connectivity index (χ2n) is 5.93. The monoisotopic (exact) mass is 470 g/mol. The molecule has 0 aromatic heterocycles. The molecule has 30 heavy (non-hydrogen) atoms. The Kier molecular flexibility index (Phi) is 15.9. The van der Waals surface area contributed by atoms with Crippen LogP contribution in [0.5, 0.6) is 0 Å². The molecule has 178 valence electrons. The van der Waals surface area contributed by atoms with Crippen molar-refractivity contribution in [1.82, 2.24) is 0 Å². The first kappa shape index (κ1) is 30.2. The van der Waals surface area contributed by atoms with Gasteiger partial charge in [0.05, 0.1) is 18.1 Å². The number of alkyl halides is 4. The van der Waals surface area contributed by atoms with Gasteiger partial charge in [-0.25, -0.2) is 14.4 Å². The molecule has 0 heterocycles. The highest BCUT2D eigenvalue weighted by molar-refractivity contribution is 6.18. The van der Waals surface area contributed by atoms with Gasteiger partial charge in [-0.05, 0) is 27.7 Å². The molecule has 4 unspecified atom stereocenters. The van der Waals surface area contributed by atoms with Crippen molar-refractivity contribution in [3.05, 3.63) is 0 Å². The SMILES string of the molecule is CC(O)COC(=O)OC(C)CCl.CC(O)COC(=O)OC(C)COC(=O)C(F)(F)F. The average Bonchev–Trinajstić information content (AvgIpc) is 2.62. The number of carbonyl (C=O) groups excluding carboxylic acids is 3. The molecule has 0 saturated carbocycles. The van der Waals surface area contributed by atoms with Gasteiger partial charge in [0.15, 0.2) is 0 Å². The molecule has 0 aromatic carbocycles. The number of hydrogen-bond donors (Lipinski definition) is 2. The van der Waals surface area contributed by atoms with Gasteiger partial charge in [-0.15, -0.1) is 11.6 Å². The van der Waals surface area contributed by atoms with E-state index in [0.29, 0.717) is 0 Å². The fourth-order valence-corrected chi connectivity index (χ4v) is 1.18. The lowest BCUT2D eigenvalue weighted by molar-refractivity contribution is -0.202. The van der Waals surface area contributed by atoms with E-state index in [4.69, 9.17) is 21.8 Å². The summed E-state index contributed by atoms with van der Waals surface area (Å²) >= 11 is 5.38. The van der Waals surface area contributed by atoms with E-state index in [0.717, 1.165) is 0 Å². The second kappa shape index (κ2) is 15.8. The lowest BCUT2D eigenvalue weighted by atomic mass is 10.4. The summed E-state index contributed by atoms with van der Waals surface area (Å²) in [4.78, 5) is 31.9. The van der Waals surface area contributed by atoms with E-state index in [1.807, 2.05) is 0 Å². The Bertz CT molecular complexity index is 514. The maximum absolute atomic E-state index is 11.7. The Morgan fingerprint density at radius 3 is 1.53 bits per heavy atom. The molecule has 0 aromatic rings. The first-order valence-corrected chi connectivity index (χ1v) is 9.05. The van der Waals surface area contributed by atoms with Crippen molar-refractivity contribution in [2.75, 3.05) is 25.7 Å². The molecule has 0 amide bonds. The fraction of sp³-hybridized carbons (Fsp3) is 0.812. The van der Waals surface area contributed by atoms with Crippen molar-refractivity contribution in [2.45, 2.75) is 58.3 Å². The van der Waals surface area contributed by atoms with Gasteiger partial charge in [0.2, 0.25) is 0 Å². The van der Waals surface area contributed by atoms with Crippen LogP contribution in [0.15, 0.2) is 0 Å². The zero-order valence-electron chi connectivity index (χ0n) is 16.8. The quantitative estimate of drug-likeness (QED) is 0.293. The molecule has 0 radical (unpaired) electrons. The summed E-state index contributed by atoms with van der Waals surface area (Å²) < 4.78 is 57.0. The first-order chi connectivity index (χ1) is 13.7. The minimum absolute atomic E-state index is 0.0617. The van der Waals surface area contributed by atoms with Crippen LogP contribution < -0.4 is 0 Å². The van der Waals surface area contributed by atoms with Gasteiger partial charge in [0.1, 0.15) is 32.0 Å². The highest BCUT2D eigenvalue weighted by Crippen LogP contribution is 2.16. The molecule has 10 nitrogen and oxygen atoms in total. The van der Waals surface area contributed by atoms with Gasteiger partial charge in [0.25, 0.3) is 0 Å². The van der Waals surface area contributed by atoms with E-state index in [1.54, 1.807) is 6.92 Å². The molecule has 0 bridgehead atoms. The number of aliphatic hydroxyl groups is 2. The lowest BCUT2D eigenvalue weighted by Crippen LogP contribution is -2.30. The summed E-state index contributed by atoms with van der Waals surface area (Å²) in [7, 11) is 0. The van der Waals surface area contributed by atoms with Gasteiger partial charge in [-0.3, -0.25) is 0 Å². The van der Waals surface area contributed by atoms with Crippen LogP contribution in [-0.2, 0) is 28.5 Å². The van der Waals surface area contributed by atoms with Crippen LogP contribution in [0.3, 0.4) is 0 Å². The summed E-state index contributed by atoms with van der Waals surface area (Å²) in [5.41, 5.74) is 0. The Balaban J connectivity index is 0. The molecule has 14 heteroatoms. The van der Waals surface area contributed by atoms with Gasteiger partial charge >= 0.3 is 24.5 Å². The van der Waals surface area contributed by atoms with Crippen molar-refractivity contribution >= 4 is 29.9 Å². The maximum atomic E-state index is 11.7. The zero-order chi connectivity index (χ0) is 23.9. The topological polar surface area (TPSA) is 138 Å². The summed E-state index contributed by atoms with van der Waals surface area (Å²) in [6.07, 6.45) is -10.1. The Hall–Kier alpha value is -1.99. The minimum Gasteiger partial charge on any atom is -0.455 e. The first-order valence-electron chi connectivity index (χ1n) is 8.51. The molecule has 0 rings (SSSR count). The molecule has 0 aliphatic heterocycles. The van der Waals surface area contributed by atoms with Crippen LogP contribution >= 0.6 is 11.6 Å². The maximum Gasteiger partial charge on any atom is 0.508 e. The Morgan fingerprint density at radius 2 is 1.20 bits per heavy atom. The van der Waals surface area contributed by atoms with Crippen LogP contribution in [0.4, 0.5) is 22.8 Å². The summed E-state index contributed by atoms with van der Waals surface area (Å²) in [6, 6.07) is 0. The number of ether oxygens (including phenoxy) is 5. The normalized spacial score (nSPS) is 14.7. The van der Waals surface area contributed by atoms with E-state index >= 15 is 0 Å². The van der Waals surface area contributed by atoms with E-state index in [2.05, 4.69) is 23.7 Å². The number of carbonyl (C=O) groups is 3. The summed E-state index contributed by atoms with van der Waals surface area (Å²) in [5, 5.41) is 17.5. The van der Waals surface area contributed by atoms with E-state index in [1.165, 1.54) is 20.8 Å². The number of halogens is 4. The van der Waals surface area contributed by atoms with E-state index < -0.39 is 49.4 Å². The fourth-order valence-electron chi connectivity index (χ4n) is 1.11. The smallest absolute Gasteiger partial charge is 0.455 e. The molecular formula is C16H26ClF3O10. The molecule has 4 atom stereocenters. The molecular weight excluding hydrogens is 445 g/mol. The lowest BCUT2D eigenvalue weighted by Gasteiger charge is -2.14. The standard InChI is InChI=1S/C9H13F3O6.C7H13ClO4/c1-5(13)3-17-8(15)18-6(2)4-16-7(14)9(10,11)12;1-5(9)4-11-7(10)12-6(2)3-8/h5-6,13H,3-4H2,1-2H3;5-6,9H,3-4H2,1-2H3. The second-order valence-corrected chi connectivity index (χ2v) is 6.24. The number of aliphatic hydroxyl groups excluding tert-OH is 2. The third-order valence-electron chi connectivity index (χ3n) is 2.38. The van der Waals surface area contributed by atoms with Crippen LogP contribution in [0.1, 0.15) is 27.7 Å². The summed E-state index contributed by atoms with van der Waals surface area (Å²) in [6.45, 7) is 4.62. The third kappa shape index (κ3) is 19.3. The van der Waals surface area contributed by atoms with Crippen molar-refractivity contribution in [1.29, 1.82) is 0 Å². The largest absolute Gasteiger partial charge is 0.508 e. The van der Waals surface area contributed by atoms with Gasteiger partial charge in [-0.2, -0.15) is 13.2 Å². The van der Waals surface area contributed by atoms with Crippen molar-refractivity contribution in [3.8, 4) is 0 Å². The molecule has 0 aliphatic rings. The van der Waals surface area contributed by atoms with Gasteiger partial charge in [-0.1, -0.05) is 0 Å². The van der Waals surface area contributed by atoms with Crippen LogP contribution in [-0.4, -0.2) is 84.8 Å². The van der Waals surface area contributed by atoms with Crippen LogP contribution in [0.25, 0.3) is 0 Å². The number of hydrogen-bond acceptors (Lipinski definition) is 10. The van der Waals surface area contributed by atoms with E-state index in [9.17, 15) is 27.6 Å². The molecule has 2 N–H and O–H groups in total. The van der Waals surface area contributed by atoms with Crippen molar-refractivity contribution in [2.24, 2.45) is 0 Å². The predicted octanol–water partition coefficient (Wildman–Crippen LogP) is 2.16. The van der Waals surface area contributed by atoms with Crippen molar-refractivity contribution < 1.29 is 61.5 Å². The number of rotatable bonds is 9. The third-order valence-corrected chi connectivity index (χ3v) is 2.81. The van der Waals surface area contributed by atoms with Gasteiger partial charge < -0.3 is 33.9 Å². The van der Waals surface area contributed by atoms with Crippen LogP contribution in [0.2, 0.25) is 0 Å². The average molecular weight is 471 g/mol. The summed E-state index contributed by atoms with van der Waals surface area (Å²) in [5.74, 6) is -2.14. The molecule has 0 saturated heterocycles. The Labute approximate surface area is 176 Å². The number of esters is 1. The Morgan fingerprint density at radius 1 is 0.800 bits per heavy atom. The molecule has 0 spiro atoms. The minimum atomic E-state index is -5.09. The highest BCUT2D eigenvalue weighted by atomic mass is 35.5. The van der Waals surface area contributed by atoms with E-state index in [-0.39, 0.29) is 25.2 Å².